The molecule has 0 rings (SSSR count). The van der Waals surface area contributed by atoms with Gasteiger partial charge in [-0.25, -0.2) is 0 Å². The minimum atomic E-state index is 0.0253. The van der Waals surface area contributed by atoms with Crippen LogP contribution in [-0.4, -0.2) is 23.2 Å². The topological polar surface area (TPSA) is 9.23 Å². The number of rotatable bonds is 4. The summed E-state index contributed by atoms with van der Waals surface area (Å²) in [6.45, 7) is 11.6. The van der Waals surface area contributed by atoms with Crippen LogP contribution in [0.15, 0.2) is 0 Å². The van der Waals surface area contributed by atoms with Gasteiger partial charge in [0.1, 0.15) is 0 Å². The van der Waals surface area contributed by atoms with Crippen molar-refractivity contribution in [2.75, 3.05) is 12.4 Å². The monoisotopic (exact) mass is 176 g/mol. The van der Waals surface area contributed by atoms with Gasteiger partial charge >= 0.3 is 0 Å². The van der Waals surface area contributed by atoms with Crippen LogP contribution in [0.2, 0.25) is 0 Å². The minimum Gasteiger partial charge on any atom is -0.375 e. The van der Waals surface area contributed by atoms with E-state index in [1.807, 2.05) is 11.8 Å². The van der Waals surface area contributed by atoms with Crippen LogP contribution < -0.4 is 0 Å². The standard InChI is InChI=1S/C9H20OS/c1-8(2)11-7-6-10-9(3,4)5/h8H,6-7H2,1-5H3. The molecule has 11 heavy (non-hydrogen) atoms. The molecule has 1 nitrogen and oxygen atoms in total. The molecular weight excluding hydrogens is 156 g/mol. The lowest BCUT2D eigenvalue weighted by Gasteiger charge is -2.19. The Morgan fingerprint density at radius 2 is 1.82 bits per heavy atom. The summed E-state index contributed by atoms with van der Waals surface area (Å²) >= 11 is 1.95. The quantitative estimate of drug-likeness (QED) is 0.609. The van der Waals surface area contributed by atoms with Crippen molar-refractivity contribution >= 4 is 11.8 Å². The SMILES string of the molecule is CC(C)SCCOC(C)(C)C. The maximum absolute atomic E-state index is 5.56. The third kappa shape index (κ3) is 10.3. The third-order valence-electron chi connectivity index (χ3n) is 1.07. The van der Waals surface area contributed by atoms with Crippen LogP contribution in [0.1, 0.15) is 34.6 Å². The summed E-state index contributed by atoms with van der Waals surface area (Å²) in [5.74, 6) is 1.11. The van der Waals surface area contributed by atoms with Crippen LogP contribution >= 0.6 is 11.8 Å². The molecule has 0 aliphatic carbocycles. The van der Waals surface area contributed by atoms with Gasteiger partial charge in [0.05, 0.1) is 12.2 Å². The smallest absolute Gasteiger partial charge is 0.0598 e. The molecule has 0 radical (unpaired) electrons. The molecule has 68 valence electrons. The van der Waals surface area contributed by atoms with Gasteiger partial charge < -0.3 is 4.74 Å². The van der Waals surface area contributed by atoms with Gasteiger partial charge in [0.2, 0.25) is 0 Å². The fraction of sp³-hybridized carbons (Fsp3) is 1.00. The van der Waals surface area contributed by atoms with Crippen LogP contribution in [0.3, 0.4) is 0 Å². The molecule has 0 bridgehead atoms. The van der Waals surface area contributed by atoms with E-state index in [9.17, 15) is 0 Å². The molecule has 0 unspecified atom stereocenters. The van der Waals surface area contributed by atoms with Gasteiger partial charge in [-0.15, -0.1) is 0 Å². The summed E-state index contributed by atoms with van der Waals surface area (Å²) in [5.41, 5.74) is 0.0253. The Morgan fingerprint density at radius 3 is 2.18 bits per heavy atom. The van der Waals surface area contributed by atoms with Gasteiger partial charge in [-0.05, 0) is 26.0 Å². The lowest BCUT2D eigenvalue weighted by Crippen LogP contribution is -2.20. The first-order valence-corrected chi connectivity index (χ1v) is 5.22. The van der Waals surface area contributed by atoms with E-state index in [0.717, 1.165) is 17.6 Å². The van der Waals surface area contributed by atoms with Gasteiger partial charge in [-0.3, -0.25) is 0 Å². The fourth-order valence-corrected chi connectivity index (χ4v) is 1.28. The zero-order valence-corrected chi connectivity index (χ0v) is 9.12. The molecule has 0 aromatic carbocycles. The van der Waals surface area contributed by atoms with Gasteiger partial charge in [0, 0.05) is 5.75 Å². The zero-order valence-electron chi connectivity index (χ0n) is 8.31. The van der Waals surface area contributed by atoms with Gasteiger partial charge in [-0.2, -0.15) is 11.8 Å². The van der Waals surface area contributed by atoms with Crippen LogP contribution in [0.25, 0.3) is 0 Å². The first-order chi connectivity index (χ1) is 4.92. The molecule has 0 heterocycles. The average Bonchev–Trinajstić information content (AvgIpc) is 1.78. The van der Waals surface area contributed by atoms with E-state index < -0.39 is 0 Å². The number of ether oxygens (including phenoxy) is 1. The van der Waals surface area contributed by atoms with E-state index in [1.54, 1.807) is 0 Å². The predicted octanol–water partition coefficient (Wildman–Crippen LogP) is 2.94. The van der Waals surface area contributed by atoms with Gasteiger partial charge in [-0.1, -0.05) is 13.8 Å². The summed E-state index contributed by atoms with van der Waals surface area (Å²) in [6.07, 6.45) is 0. The second-order valence-corrected chi connectivity index (χ2v) is 5.56. The Morgan fingerprint density at radius 1 is 1.27 bits per heavy atom. The number of hydrogen-bond acceptors (Lipinski definition) is 2. The molecule has 0 aromatic rings. The van der Waals surface area contributed by atoms with E-state index >= 15 is 0 Å². The van der Waals surface area contributed by atoms with Gasteiger partial charge in [0.25, 0.3) is 0 Å². The third-order valence-corrected chi connectivity index (χ3v) is 2.14. The van der Waals surface area contributed by atoms with Crippen molar-refractivity contribution < 1.29 is 4.74 Å². The molecule has 0 aromatic heterocycles. The summed E-state index contributed by atoms with van der Waals surface area (Å²) < 4.78 is 5.56. The van der Waals surface area contributed by atoms with Crippen LogP contribution in [-0.2, 0) is 4.74 Å². The van der Waals surface area contributed by atoms with Crippen molar-refractivity contribution in [2.24, 2.45) is 0 Å². The molecular formula is C9H20OS. The molecule has 0 spiro atoms. The van der Waals surface area contributed by atoms with Crippen molar-refractivity contribution in [3.05, 3.63) is 0 Å². The van der Waals surface area contributed by atoms with Crippen molar-refractivity contribution in [3.8, 4) is 0 Å². The second-order valence-electron chi connectivity index (χ2n) is 3.88. The lowest BCUT2D eigenvalue weighted by atomic mass is 10.2. The average molecular weight is 176 g/mol. The number of hydrogen-bond donors (Lipinski definition) is 0. The molecule has 0 aliphatic rings. The first kappa shape index (κ1) is 11.3. The molecule has 0 atom stereocenters. The van der Waals surface area contributed by atoms with Crippen LogP contribution in [0.4, 0.5) is 0 Å². The lowest BCUT2D eigenvalue weighted by molar-refractivity contribution is 0.00692. The second kappa shape index (κ2) is 5.04. The van der Waals surface area contributed by atoms with Crippen molar-refractivity contribution in [2.45, 2.75) is 45.5 Å². The van der Waals surface area contributed by atoms with E-state index in [2.05, 4.69) is 34.6 Å². The normalized spacial score (nSPS) is 12.5. The van der Waals surface area contributed by atoms with Crippen molar-refractivity contribution in [1.29, 1.82) is 0 Å². The summed E-state index contributed by atoms with van der Waals surface area (Å²) in [7, 11) is 0. The van der Waals surface area contributed by atoms with E-state index in [4.69, 9.17) is 4.74 Å². The van der Waals surface area contributed by atoms with Gasteiger partial charge in [0.15, 0.2) is 0 Å². The maximum Gasteiger partial charge on any atom is 0.0598 e. The highest BCUT2D eigenvalue weighted by Gasteiger charge is 2.08. The highest BCUT2D eigenvalue weighted by molar-refractivity contribution is 7.99. The Bertz CT molecular complexity index is 94.2. The largest absolute Gasteiger partial charge is 0.375 e. The predicted molar refractivity (Wildman–Crippen MR) is 53.3 cm³/mol. The van der Waals surface area contributed by atoms with E-state index in [0.29, 0.717) is 0 Å². The summed E-state index contributed by atoms with van der Waals surface area (Å²) in [5, 5.41) is 0.721. The Kier molecular flexibility index (Phi) is 5.19. The molecule has 0 amide bonds. The van der Waals surface area contributed by atoms with Crippen molar-refractivity contribution in [1.82, 2.24) is 0 Å². The Labute approximate surface area is 74.9 Å². The molecule has 0 fully saturated rings. The molecule has 0 saturated heterocycles. The van der Waals surface area contributed by atoms with Crippen LogP contribution in [0, 0.1) is 0 Å². The molecule has 0 aliphatic heterocycles. The highest BCUT2D eigenvalue weighted by atomic mass is 32.2. The fourth-order valence-electron chi connectivity index (χ4n) is 0.632. The molecule has 2 heteroatoms. The zero-order chi connectivity index (χ0) is 8.91. The van der Waals surface area contributed by atoms with Crippen molar-refractivity contribution in [3.63, 3.8) is 0 Å². The Balaban J connectivity index is 3.15. The minimum absolute atomic E-state index is 0.0253. The Hall–Kier alpha value is 0.310. The van der Waals surface area contributed by atoms with E-state index in [1.165, 1.54) is 0 Å². The first-order valence-electron chi connectivity index (χ1n) is 4.17. The van der Waals surface area contributed by atoms with E-state index in [-0.39, 0.29) is 5.60 Å². The number of thioether (sulfide) groups is 1. The molecule has 0 N–H and O–H groups in total. The summed E-state index contributed by atoms with van der Waals surface area (Å²) in [4.78, 5) is 0. The summed E-state index contributed by atoms with van der Waals surface area (Å²) in [6, 6.07) is 0. The van der Waals surface area contributed by atoms with Crippen LogP contribution in [0.5, 0.6) is 0 Å². The maximum atomic E-state index is 5.56. The molecule has 0 saturated carbocycles. The highest BCUT2D eigenvalue weighted by Crippen LogP contribution is 2.11.